The largest absolute Gasteiger partial charge is 0.497 e. The third-order valence-electron chi connectivity index (χ3n) is 4.06. The average molecular weight is 313 g/mol. The van der Waals surface area contributed by atoms with Gasteiger partial charge < -0.3 is 19.5 Å². The van der Waals surface area contributed by atoms with Crippen LogP contribution in [0.15, 0.2) is 36.4 Å². The lowest BCUT2D eigenvalue weighted by molar-refractivity contribution is -0.121. The van der Waals surface area contributed by atoms with Crippen LogP contribution in [0.3, 0.4) is 0 Å². The summed E-state index contributed by atoms with van der Waals surface area (Å²) in [6, 6.07) is 11.3. The number of amides is 1. The van der Waals surface area contributed by atoms with E-state index in [1.807, 2.05) is 36.4 Å². The van der Waals surface area contributed by atoms with Gasteiger partial charge in [-0.1, -0.05) is 12.1 Å². The van der Waals surface area contributed by atoms with Gasteiger partial charge in [0.1, 0.15) is 5.75 Å². The summed E-state index contributed by atoms with van der Waals surface area (Å²) in [6.45, 7) is 0. The van der Waals surface area contributed by atoms with Crippen LogP contribution < -0.4 is 19.5 Å². The summed E-state index contributed by atoms with van der Waals surface area (Å²) in [4.78, 5) is 12.1. The molecule has 3 rings (SSSR count). The predicted octanol–water partition coefficient (Wildman–Crippen LogP) is 2.47. The molecule has 1 aliphatic rings. The van der Waals surface area contributed by atoms with E-state index in [1.165, 1.54) is 0 Å². The lowest BCUT2D eigenvalue weighted by Gasteiger charge is -2.28. The van der Waals surface area contributed by atoms with Gasteiger partial charge in [0.25, 0.3) is 0 Å². The Hall–Kier alpha value is -2.69. The summed E-state index contributed by atoms with van der Waals surface area (Å²) in [6.07, 6.45) is 0.336. The summed E-state index contributed by atoms with van der Waals surface area (Å²) >= 11 is 0. The number of methoxy groups -OCH3 is 3. The molecule has 0 aromatic heterocycles. The molecule has 1 amide bonds. The molecule has 2 aromatic rings. The molecular formula is C18H19NO4. The predicted molar refractivity (Wildman–Crippen MR) is 86.2 cm³/mol. The smallest absolute Gasteiger partial charge is 0.225 e. The van der Waals surface area contributed by atoms with Gasteiger partial charge in [0.2, 0.25) is 5.91 Å². The molecule has 0 saturated carbocycles. The maximum absolute atomic E-state index is 12.1. The second-order valence-corrected chi connectivity index (χ2v) is 5.36. The molecule has 120 valence electrons. The molecule has 5 heteroatoms. The molecule has 0 spiro atoms. The van der Waals surface area contributed by atoms with E-state index in [-0.39, 0.29) is 11.9 Å². The summed E-state index contributed by atoms with van der Waals surface area (Å²) in [5.74, 6) is 2.06. The minimum atomic E-state index is -0.211. The van der Waals surface area contributed by atoms with Crippen LogP contribution in [-0.4, -0.2) is 27.2 Å². The number of rotatable bonds is 4. The van der Waals surface area contributed by atoms with Crippen molar-refractivity contribution in [1.82, 2.24) is 5.32 Å². The van der Waals surface area contributed by atoms with E-state index in [0.29, 0.717) is 17.9 Å². The van der Waals surface area contributed by atoms with Crippen LogP contribution in [0.5, 0.6) is 17.2 Å². The third-order valence-corrected chi connectivity index (χ3v) is 4.06. The number of nitrogens with one attached hydrogen (secondary N) is 1. The monoisotopic (exact) mass is 313 g/mol. The van der Waals surface area contributed by atoms with Gasteiger partial charge in [0, 0.05) is 0 Å². The summed E-state index contributed by atoms with van der Waals surface area (Å²) in [7, 11) is 4.83. The number of carbonyl (C=O) groups is 1. The zero-order valence-electron chi connectivity index (χ0n) is 13.4. The van der Waals surface area contributed by atoms with E-state index in [0.717, 1.165) is 22.4 Å². The molecule has 0 fully saturated rings. The molecule has 0 radical (unpaired) electrons. The molecule has 1 atom stereocenters. The Labute approximate surface area is 135 Å². The normalized spacial score (nSPS) is 16.3. The van der Waals surface area contributed by atoms with Gasteiger partial charge in [0.15, 0.2) is 11.5 Å². The lowest BCUT2D eigenvalue weighted by atomic mass is 9.89. The minimum Gasteiger partial charge on any atom is -0.497 e. The van der Waals surface area contributed by atoms with Crippen LogP contribution in [0, 0.1) is 0 Å². The summed E-state index contributed by atoms with van der Waals surface area (Å²) in [5, 5.41) is 3.04. The van der Waals surface area contributed by atoms with Crippen LogP contribution in [0.4, 0.5) is 0 Å². The number of benzene rings is 2. The van der Waals surface area contributed by atoms with Crippen LogP contribution in [0.25, 0.3) is 0 Å². The zero-order chi connectivity index (χ0) is 16.4. The molecule has 0 bridgehead atoms. The van der Waals surface area contributed by atoms with E-state index in [1.54, 1.807) is 21.3 Å². The van der Waals surface area contributed by atoms with E-state index in [2.05, 4.69) is 5.32 Å². The highest BCUT2D eigenvalue weighted by atomic mass is 16.5. The van der Waals surface area contributed by atoms with E-state index in [4.69, 9.17) is 14.2 Å². The van der Waals surface area contributed by atoms with Crippen LogP contribution >= 0.6 is 0 Å². The highest BCUT2D eigenvalue weighted by molar-refractivity contribution is 5.82. The number of fused-ring (bicyclic) bond motifs is 1. The first kappa shape index (κ1) is 15.2. The van der Waals surface area contributed by atoms with Crippen LogP contribution in [0.1, 0.15) is 22.7 Å². The van der Waals surface area contributed by atoms with Crippen molar-refractivity contribution in [3.63, 3.8) is 0 Å². The Morgan fingerprint density at radius 2 is 1.61 bits per heavy atom. The lowest BCUT2D eigenvalue weighted by Crippen LogP contribution is -2.35. The molecular weight excluding hydrogens is 294 g/mol. The Morgan fingerprint density at radius 3 is 2.22 bits per heavy atom. The topological polar surface area (TPSA) is 56.8 Å². The quantitative estimate of drug-likeness (QED) is 0.942. The first-order chi connectivity index (χ1) is 11.2. The van der Waals surface area contributed by atoms with Crippen molar-refractivity contribution in [2.75, 3.05) is 21.3 Å². The van der Waals surface area contributed by atoms with Crippen molar-refractivity contribution in [3.05, 3.63) is 53.1 Å². The third kappa shape index (κ3) is 2.82. The minimum absolute atomic E-state index is 0.00876. The molecule has 1 heterocycles. The van der Waals surface area contributed by atoms with Gasteiger partial charge in [-0.15, -0.1) is 0 Å². The fraction of sp³-hybridized carbons (Fsp3) is 0.278. The van der Waals surface area contributed by atoms with Crippen molar-refractivity contribution in [3.8, 4) is 17.2 Å². The van der Waals surface area contributed by atoms with Gasteiger partial charge in [-0.2, -0.15) is 0 Å². The number of ether oxygens (including phenoxy) is 3. The van der Waals surface area contributed by atoms with Crippen LogP contribution in [-0.2, 0) is 11.2 Å². The van der Waals surface area contributed by atoms with Crippen LogP contribution in [0.2, 0.25) is 0 Å². The van der Waals surface area contributed by atoms with E-state index >= 15 is 0 Å². The molecule has 1 N–H and O–H groups in total. The molecule has 0 aliphatic carbocycles. The van der Waals surface area contributed by atoms with Crippen molar-refractivity contribution < 1.29 is 19.0 Å². The van der Waals surface area contributed by atoms with Crippen molar-refractivity contribution in [2.45, 2.75) is 12.5 Å². The van der Waals surface area contributed by atoms with Crippen molar-refractivity contribution in [1.29, 1.82) is 0 Å². The summed E-state index contributed by atoms with van der Waals surface area (Å²) < 4.78 is 15.9. The highest BCUT2D eigenvalue weighted by Gasteiger charge is 2.27. The molecule has 1 unspecified atom stereocenters. The first-order valence-electron chi connectivity index (χ1n) is 7.34. The van der Waals surface area contributed by atoms with Gasteiger partial charge in [-0.05, 0) is 41.0 Å². The fourth-order valence-corrected chi connectivity index (χ4v) is 2.88. The van der Waals surface area contributed by atoms with Gasteiger partial charge in [0.05, 0.1) is 33.8 Å². The van der Waals surface area contributed by atoms with Crippen molar-refractivity contribution in [2.24, 2.45) is 0 Å². The van der Waals surface area contributed by atoms with Gasteiger partial charge in [-0.3, -0.25) is 4.79 Å². The molecule has 2 aromatic carbocycles. The van der Waals surface area contributed by atoms with Gasteiger partial charge in [-0.25, -0.2) is 0 Å². The maximum Gasteiger partial charge on any atom is 0.225 e. The fourth-order valence-electron chi connectivity index (χ4n) is 2.88. The Kier molecular flexibility index (Phi) is 4.10. The maximum atomic E-state index is 12.1. The SMILES string of the molecule is COc1ccc(C2NC(=O)Cc3cc(OC)c(OC)cc32)cc1. The Morgan fingerprint density at radius 1 is 0.957 bits per heavy atom. The average Bonchev–Trinajstić information content (AvgIpc) is 2.59. The highest BCUT2D eigenvalue weighted by Crippen LogP contribution is 2.37. The second-order valence-electron chi connectivity index (χ2n) is 5.36. The zero-order valence-corrected chi connectivity index (χ0v) is 13.4. The van der Waals surface area contributed by atoms with E-state index < -0.39 is 0 Å². The first-order valence-corrected chi connectivity index (χ1v) is 7.34. The molecule has 0 saturated heterocycles. The second kappa shape index (κ2) is 6.20. The molecule has 23 heavy (non-hydrogen) atoms. The standard InChI is InChI=1S/C18H19NO4/c1-21-13-6-4-11(5-7-13)18-14-10-16(23-3)15(22-2)8-12(14)9-17(20)19-18/h4-8,10,18H,9H2,1-3H3,(H,19,20). The number of hydrogen-bond donors (Lipinski definition) is 1. The molecule has 1 aliphatic heterocycles. The Bertz CT molecular complexity index is 725. The number of hydrogen-bond acceptors (Lipinski definition) is 4. The summed E-state index contributed by atoms with van der Waals surface area (Å²) in [5.41, 5.74) is 2.96. The van der Waals surface area contributed by atoms with Gasteiger partial charge >= 0.3 is 0 Å². The Balaban J connectivity index is 2.07. The van der Waals surface area contributed by atoms with E-state index in [9.17, 15) is 4.79 Å². The molecule has 5 nitrogen and oxygen atoms in total. The van der Waals surface area contributed by atoms with Crippen molar-refractivity contribution >= 4 is 5.91 Å². The number of carbonyl (C=O) groups excluding carboxylic acids is 1.